The Kier molecular flexibility index (Phi) is 4.28. The van der Waals surface area contributed by atoms with Gasteiger partial charge in [0.1, 0.15) is 0 Å². The zero-order valence-corrected chi connectivity index (χ0v) is 9.19. The van der Waals surface area contributed by atoms with Gasteiger partial charge in [-0.05, 0) is 13.0 Å². The van der Waals surface area contributed by atoms with E-state index < -0.39 is 0 Å². The van der Waals surface area contributed by atoms with E-state index in [2.05, 4.69) is 4.98 Å². The van der Waals surface area contributed by atoms with Gasteiger partial charge in [0.2, 0.25) is 5.88 Å². The molecular formula is C11H12N2O3. The Morgan fingerprint density at radius 3 is 2.88 bits per heavy atom. The molecule has 1 aromatic rings. The maximum absolute atomic E-state index is 11.2. The van der Waals surface area contributed by atoms with Gasteiger partial charge in [0.25, 0.3) is 0 Å². The molecule has 1 rings (SSSR count). The molecule has 1 heterocycles. The summed E-state index contributed by atoms with van der Waals surface area (Å²) in [5, 5.41) is 8.77. The molecule has 0 N–H and O–H groups in total. The molecule has 0 spiro atoms. The third kappa shape index (κ3) is 3.24. The Hall–Kier alpha value is -2.09. The monoisotopic (exact) mass is 220 g/mol. The van der Waals surface area contributed by atoms with Gasteiger partial charge < -0.3 is 9.47 Å². The highest BCUT2D eigenvalue weighted by Crippen LogP contribution is 2.12. The van der Waals surface area contributed by atoms with E-state index in [1.54, 1.807) is 13.0 Å². The molecule has 0 saturated heterocycles. The molecule has 84 valence electrons. The number of carbonyl (C=O) groups excluding carboxylic acids is 1. The summed E-state index contributed by atoms with van der Waals surface area (Å²) in [6.45, 7) is 2.06. The standard InChI is InChI=1S/C11H12N2O3/c1-3-16-11(14)6-9-4-8(7-12)5-10(13-9)15-2/h4-5H,3,6H2,1-2H3. The number of carbonyl (C=O) groups is 1. The van der Waals surface area contributed by atoms with Gasteiger partial charge in [0, 0.05) is 6.07 Å². The first-order valence-electron chi connectivity index (χ1n) is 4.80. The summed E-state index contributed by atoms with van der Waals surface area (Å²) in [5.41, 5.74) is 0.875. The van der Waals surface area contributed by atoms with Crippen LogP contribution >= 0.6 is 0 Å². The first-order valence-corrected chi connectivity index (χ1v) is 4.80. The van der Waals surface area contributed by atoms with E-state index in [4.69, 9.17) is 14.7 Å². The molecule has 0 atom stereocenters. The number of ether oxygens (including phenoxy) is 2. The van der Waals surface area contributed by atoms with Gasteiger partial charge in [-0.25, -0.2) is 4.98 Å². The lowest BCUT2D eigenvalue weighted by molar-refractivity contribution is -0.142. The van der Waals surface area contributed by atoms with Crippen LogP contribution in [0.2, 0.25) is 0 Å². The highest BCUT2D eigenvalue weighted by molar-refractivity contribution is 5.72. The van der Waals surface area contributed by atoms with Gasteiger partial charge in [-0.3, -0.25) is 4.79 Å². The highest BCUT2D eigenvalue weighted by Gasteiger charge is 2.08. The molecule has 1 aromatic heterocycles. The quantitative estimate of drug-likeness (QED) is 0.709. The lowest BCUT2D eigenvalue weighted by Crippen LogP contribution is -2.09. The third-order valence-corrected chi connectivity index (χ3v) is 1.82. The minimum Gasteiger partial charge on any atom is -0.481 e. The van der Waals surface area contributed by atoms with Crippen molar-refractivity contribution in [1.29, 1.82) is 5.26 Å². The van der Waals surface area contributed by atoms with Crippen molar-refractivity contribution in [1.82, 2.24) is 4.98 Å². The SMILES string of the molecule is CCOC(=O)Cc1cc(C#N)cc(OC)n1. The van der Waals surface area contributed by atoms with Crippen molar-refractivity contribution in [3.8, 4) is 11.9 Å². The zero-order chi connectivity index (χ0) is 12.0. The van der Waals surface area contributed by atoms with E-state index in [1.807, 2.05) is 6.07 Å². The fraction of sp³-hybridized carbons (Fsp3) is 0.364. The Morgan fingerprint density at radius 1 is 1.56 bits per heavy atom. The van der Waals surface area contributed by atoms with Gasteiger partial charge in [0.15, 0.2) is 0 Å². The second-order valence-electron chi connectivity index (χ2n) is 2.98. The van der Waals surface area contributed by atoms with Gasteiger partial charge in [-0.15, -0.1) is 0 Å². The molecule has 0 bridgehead atoms. The Bertz CT molecular complexity index is 424. The van der Waals surface area contributed by atoms with E-state index in [0.29, 0.717) is 23.7 Å². The van der Waals surface area contributed by atoms with Gasteiger partial charge >= 0.3 is 5.97 Å². The fourth-order valence-corrected chi connectivity index (χ4v) is 1.18. The van der Waals surface area contributed by atoms with Crippen LogP contribution in [0, 0.1) is 11.3 Å². The summed E-state index contributed by atoms with van der Waals surface area (Å²) < 4.78 is 9.71. The molecule has 0 aliphatic carbocycles. The fourth-order valence-electron chi connectivity index (χ4n) is 1.18. The van der Waals surface area contributed by atoms with E-state index >= 15 is 0 Å². The molecule has 0 fully saturated rings. The summed E-state index contributed by atoms with van der Waals surface area (Å²) in [5.74, 6) is -0.0505. The highest BCUT2D eigenvalue weighted by atomic mass is 16.5. The average molecular weight is 220 g/mol. The lowest BCUT2D eigenvalue weighted by atomic mass is 10.2. The predicted molar refractivity (Wildman–Crippen MR) is 55.8 cm³/mol. The number of hydrogen-bond donors (Lipinski definition) is 0. The van der Waals surface area contributed by atoms with Crippen molar-refractivity contribution < 1.29 is 14.3 Å². The largest absolute Gasteiger partial charge is 0.481 e. The number of esters is 1. The van der Waals surface area contributed by atoms with Crippen LogP contribution in [0.3, 0.4) is 0 Å². The van der Waals surface area contributed by atoms with Crippen LogP contribution in [0.5, 0.6) is 5.88 Å². The van der Waals surface area contributed by atoms with Crippen LogP contribution < -0.4 is 4.74 Å². The second kappa shape index (κ2) is 5.71. The Morgan fingerprint density at radius 2 is 2.31 bits per heavy atom. The summed E-state index contributed by atoms with van der Waals surface area (Å²) in [7, 11) is 1.46. The molecular weight excluding hydrogens is 208 g/mol. The van der Waals surface area contributed by atoms with E-state index in [9.17, 15) is 4.79 Å². The lowest BCUT2D eigenvalue weighted by Gasteiger charge is -2.04. The van der Waals surface area contributed by atoms with Crippen molar-refractivity contribution in [2.24, 2.45) is 0 Å². The van der Waals surface area contributed by atoms with Crippen molar-refractivity contribution in [3.05, 3.63) is 23.4 Å². The number of aromatic nitrogens is 1. The first-order chi connectivity index (χ1) is 7.69. The Labute approximate surface area is 93.6 Å². The smallest absolute Gasteiger partial charge is 0.311 e. The van der Waals surface area contributed by atoms with Crippen LogP contribution in [-0.2, 0) is 16.0 Å². The van der Waals surface area contributed by atoms with Crippen LogP contribution in [-0.4, -0.2) is 24.7 Å². The molecule has 5 nitrogen and oxygen atoms in total. The minimum atomic E-state index is -0.368. The summed E-state index contributed by atoms with van der Waals surface area (Å²) in [6, 6.07) is 5.02. The minimum absolute atomic E-state index is 0.0414. The maximum atomic E-state index is 11.2. The van der Waals surface area contributed by atoms with Crippen LogP contribution in [0.4, 0.5) is 0 Å². The number of methoxy groups -OCH3 is 1. The topological polar surface area (TPSA) is 72.2 Å². The number of nitrogens with zero attached hydrogens (tertiary/aromatic N) is 2. The van der Waals surface area contributed by atoms with Gasteiger partial charge in [-0.1, -0.05) is 0 Å². The zero-order valence-electron chi connectivity index (χ0n) is 9.19. The summed E-state index contributed by atoms with van der Waals surface area (Å²) >= 11 is 0. The molecule has 0 aliphatic rings. The van der Waals surface area contributed by atoms with Crippen molar-refractivity contribution in [2.45, 2.75) is 13.3 Å². The van der Waals surface area contributed by atoms with Crippen LogP contribution in [0.1, 0.15) is 18.2 Å². The number of rotatable bonds is 4. The average Bonchev–Trinajstić information content (AvgIpc) is 2.28. The normalized spacial score (nSPS) is 9.31. The second-order valence-corrected chi connectivity index (χ2v) is 2.98. The molecule has 5 heteroatoms. The first kappa shape index (κ1) is 12.0. The molecule has 0 saturated carbocycles. The summed E-state index contributed by atoms with van der Waals surface area (Å²) in [6.07, 6.45) is 0.0414. The molecule has 16 heavy (non-hydrogen) atoms. The molecule has 0 radical (unpaired) electrons. The summed E-state index contributed by atoms with van der Waals surface area (Å²) in [4.78, 5) is 15.3. The molecule has 0 aromatic carbocycles. The predicted octanol–water partition coefficient (Wildman–Crippen LogP) is 1.07. The van der Waals surface area contributed by atoms with Crippen molar-refractivity contribution >= 4 is 5.97 Å². The maximum Gasteiger partial charge on any atom is 0.311 e. The molecule has 0 aliphatic heterocycles. The van der Waals surface area contributed by atoms with Gasteiger partial charge in [-0.2, -0.15) is 5.26 Å². The van der Waals surface area contributed by atoms with Gasteiger partial charge in [0.05, 0.1) is 37.5 Å². The van der Waals surface area contributed by atoms with Crippen molar-refractivity contribution in [2.75, 3.05) is 13.7 Å². The number of hydrogen-bond acceptors (Lipinski definition) is 5. The third-order valence-electron chi connectivity index (χ3n) is 1.82. The number of pyridine rings is 1. The van der Waals surface area contributed by atoms with E-state index in [1.165, 1.54) is 13.2 Å². The Balaban J connectivity index is 2.87. The molecule has 0 unspecified atom stereocenters. The molecule has 0 amide bonds. The van der Waals surface area contributed by atoms with Crippen LogP contribution in [0.15, 0.2) is 12.1 Å². The number of nitriles is 1. The van der Waals surface area contributed by atoms with Crippen molar-refractivity contribution in [3.63, 3.8) is 0 Å². The van der Waals surface area contributed by atoms with E-state index in [0.717, 1.165) is 0 Å². The van der Waals surface area contributed by atoms with Crippen LogP contribution in [0.25, 0.3) is 0 Å². The van der Waals surface area contributed by atoms with E-state index in [-0.39, 0.29) is 12.4 Å².